The first-order valence-corrected chi connectivity index (χ1v) is 10.0. The number of rotatable bonds is 7. The highest BCUT2D eigenvalue weighted by Gasteiger charge is 2.26. The largest absolute Gasteiger partial charge is 0.203 e. The van der Waals surface area contributed by atoms with Crippen LogP contribution in [0, 0.1) is 23.3 Å². The van der Waals surface area contributed by atoms with Crippen molar-refractivity contribution in [3.05, 3.63) is 77.4 Å². The molecular formula is C24H19F4NS. The highest BCUT2D eigenvalue weighted by Crippen LogP contribution is 2.36. The summed E-state index contributed by atoms with van der Waals surface area (Å²) in [5.74, 6) is -6.27. The third kappa shape index (κ3) is 4.50. The van der Waals surface area contributed by atoms with Gasteiger partial charge < -0.3 is 0 Å². The van der Waals surface area contributed by atoms with E-state index in [0.29, 0.717) is 0 Å². The summed E-state index contributed by atoms with van der Waals surface area (Å²) >= 11 is 4.27. The second-order valence-corrected chi connectivity index (χ2v) is 7.10. The fourth-order valence-corrected chi connectivity index (χ4v) is 3.38. The summed E-state index contributed by atoms with van der Waals surface area (Å²) in [5, 5.41) is 1.72. The molecule has 0 atom stereocenters. The number of hydrogen-bond acceptors (Lipinski definition) is 2. The Labute approximate surface area is 178 Å². The van der Waals surface area contributed by atoms with E-state index in [1.54, 1.807) is 17.3 Å². The lowest BCUT2D eigenvalue weighted by molar-refractivity contribution is 0.462. The minimum Gasteiger partial charge on any atom is -0.203 e. The van der Waals surface area contributed by atoms with Crippen molar-refractivity contribution in [3.63, 3.8) is 0 Å². The molecule has 0 N–H and O–H groups in total. The molecule has 0 aliphatic heterocycles. The first-order chi connectivity index (χ1) is 14.5. The van der Waals surface area contributed by atoms with Crippen LogP contribution in [0.5, 0.6) is 0 Å². The van der Waals surface area contributed by atoms with Crippen molar-refractivity contribution >= 4 is 23.1 Å². The molecule has 0 amide bonds. The Morgan fingerprint density at radius 1 is 0.733 bits per heavy atom. The predicted molar refractivity (Wildman–Crippen MR) is 115 cm³/mol. The second kappa shape index (κ2) is 9.79. The van der Waals surface area contributed by atoms with Crippen molar-refractivity contribution in [1.29, 1.82) is 0 Å². The number of unbranched alkanes of at least 4 members (excludes halogenated alkanes) is 2. The molecule has 3 rings (SSSR count). The lowest BCUT2D eigenvalue weighted by Crippen LogP contribution is -2.00. The predicted octanol–water partition coefficient (Wildman–Crippen LogP) is 8.04. The van der Waals surface area contributed by atoms with Crippen LogP contribution in [0.3, 0.4) is 0 Å². The zero-order valence-electron chi connectivity index (χ0n) is 16.3. The van der Waals surface area contributed by atoms with Crippen molar-refractivity contribution in [1.82, 2.24) is 0 Å². The van der Waals surface area contributed by atoms with Crippen molar-refractivity contribution < 1.29 is 17.6 Å². The molecule has 0 saturated carbocycles. The molecule has 0 aliphatic rings. The Hall–Kier alpha value is -2.82. The van der Waals surface area contributed by atoms with E-state index in [1.807, 2.05) is 12.1 Å². The standard InChI is InChI=1S/C24H19F4NS/c1-2-3-4-5-15-6-8-16(9-7-15)17-10-12-18(13-11-17)19-20(25)22(27)24(29-14-30)23(28)21(19)26/h6-13H,2-5H2,1H3. The fourth-order valence-electron chi connectivity index (χ4n) is 3.29. The maximum Gasteiger partial charge on any atom is 0.189 e. The van der Waals surface area contributed by atoms with E-state index in [9.17, 15) is 17.6 Å². The van der Waals surface area contributed by atoms with Gasteiger partial charge in [-0.3, -0.25) is 0 Å². The molecule has 30 heavy (non-hydrogen) atoms. The molecule has 0 radical (unpaired) electrons. The number of nitrogens with zero attached hydrogens (tertiary/aromatic N) is 1. The molecule has 0 spiro atoms. The minimum absolute atomic E-state index is 0.0145. The average molecular weight is 429 g/mol. The van der Waals surface area contributed by atoms with Crippen LogP contribution in [0.15, 0.2) is 53.5 Å². The van der Waals surface area contributed by atoms with E-state index < -0.39 is 34.5 Å². The maximum absolute atomic E-state index is 14.4. The molecule has 0 aromatic heterocycles. The van der Waals surface area contributed by atoms with Gasteiger partial charge in [0.25, 0.3) is 0 Å². The first-order valence-electron chi connectivity index (χ1n) is 9.61. The lowest BCUT2D eigenvalue weighted by atomic mass is 9.97. The van der Waals surface area contributed by atoms with Crippen LogP contribution in [0.25, 0.3) is 22.3 Å². The summed E-state index contributed by atoms with van der Waals surface area (Å²) in [4.78, 5) is 3.08. The van der Waals surface area contributed by atoms with Crippen LogP contribution < -0.4 is 0 Å². The normalized spacial score (nSPS) is 10.7. The maximum atomic E-state index is 14.4. The van der Waals surface area contributed by atoms with Gasteiger partial charge in [0, 0.05) is 0 Å². The Morgan fingerprint density at radius 2 is 1.23 bits per heavy atom. The van der Waals surface area contributed by atoms with E-state index in [-0.39, 0.29) is 5.56 Å². The smallest absolute Gasteiger partial charge is 0.189 e. The molecule has 0 bridgehead atoms. The molecule has 3 aromatic carbocycles. The van der Waals surface area contributed by atoms with Crippen LogP contribution in [-0.2, 0) is 6.42 Å². The Kier molecular flexibility index (Phi) is 7.14. The molecule has 1 nitrogen and oxygen atoms in total. The van der Waals surface area contributed by atoms with Gasteiger partial charge in [0.1, 0.15) is 0 Å². The lowest BCUT2D eigenvalue weighted by Gasteiger charge is -2.10. The highest BCUT2D eigenvalue weighted by molar-refractivity contribution is 7.78. The van der Waals surface area contributed by atoms with Gasteiger partial charge in [0.15, 0.2) is 29.0 Å². The minimum atomic E-state index is -1.61. The number of benzene rings is 3. The van der Waals surface area contributed by atoms with Crippen LogP contribution in [0.4, 0.5) is 23.2 Å². The summed E-state index contributed by atoms with van der Waals surface area (Å²) in [6.45, 7) is 2.16. The summed E-state index contributed by atoms with van der Waals surface area (Å²) < 4.78 is 57.0. The van der Waals surface area contributed by atoms with Crippen LogP contribution in [-0.4, -0.2) is 5.16 Å². The quantitative estimate of drug-likeness (QED) is 0.122. The summed E-state index contributed by atoms with van der Waals surface area (Å²) in [5.41, 5.74) is 1.11. The number of halogens is 4. The third-order valence-corrected chi connectivity index (χ3v) is 5.02. The number of thiocarbonyl (C=S) groups is 1. The number of isothiocyanates is 1. The SMILES string of the molecule is CCCCCc1ccc(-c2ccc(-c3c(F)c(F)c(N=C=S)c(F)c3F)cc2)cc1. The van der Waals surface area contributed by atoms with Crippen LogP contribution in [0.1, 0.15) is 31.7 Å². The van der Waals surface area contributed by atoms with Gasteiger partial charge in [0.05, 0.1) is 10.7 Å². The van der Waals surface area contributed by atoms with Crippen molar-refractivity contribution in [2.45, 2.75) is 32.6 Å². The molecule has 0 fully saturated rings. The summed E-state index contributed by atoms with van der Waals surface area (Å²) in [6, 6.07) is 14.2. The van der Waals surface area contributed by atoms with E-state index in [4.69, 9.17) is 0 Å². The Balaban J connectivity index is 1.90. The molecule has 3 aromatic rings. The van der Waals surface area contributed by atoms with Crippen LogP contribution in [0.2, 0.25) is 0 Å². The van der Waals surface area contributed by atoms with E-state index in [2.05, 4.69) is 36.3 Å². The van der Waals surface area contributed by atoms with Crippen molar-refractivity contribution in [3.8, 4) is 22.3 Å². The molecule has 154 valence electrons. The summed E-state index contributed by atoms with van der Waals surface area (Å²) in [7, 11) is 0. The molecule has 0 unspecified atom stereocenters. The van der Waals surface area contributed by atoms with Crippen molar-refractivity contribution in [2.75, 3.05) is 0 Å². The number of aliphatic imine (C=N–C) groups is 1. The Morgan fingerprint density at radius 3 is 1.73 bits per heavy atom. The topological polar surface area (TPSA) is 12.4 Å². The van der Waals surface area contributed by atoms with Gasteiger partial charge in [-0.25, -0.2) is 17.6 Å². The molecular weight excluding hydrogens is 410 g/mol. The molecule has 0 aliphatic carbocycles. The molecule has 6 heteroatoms. The van der Waals surface area contributed by atoms with Gasteiger partial charge in [0.2, 0.25) is 0 Å². The number of hydrogen-bond donors (Lipinski definition) is 0. The molecule has 0 saturated heterocycles. The first kappa shape index (κ1) is 21.9. The monoisotopic (exact) mass is 429 g/mol. The van der Waals surface area contributed by atoms with Gasteiger partial charge >= 0.3 is 0 Å². The van der Waals surface area contributed by atoms with Crippen LogP contribution >= 0.6 is 12.2 Å². The highest BCUT2D eigenvalue weighted by atomic mass is 32.1. The van der Waals surface area contributed by atoms with Crippen molar-refractivity contribution in [2.24, 2.45) is 4.99 Å². The number of aryl methyl sites for hydroxylation is 1. The zero-order chi connectivity index (χ0) is 21.7. The van der Waals surface area contributed by atoms with E-state index >= 15 is 0 Å². The van der Waals surface area contributed by atoms with Gasteiger partial charge in [-0.2, -0.15) is 4.99 Å². The summed E-state index contributed by atoms with van der Waals surface area (Å²) in [6.07, 6.45) is 4.52. The Bertz CT molecular complexity index is 1060. The molecule has 0 heterocycles. The zero-order valence-corrected chi connectivity index (χ0v) is 17.1. The van der Waals surface area contributed by atoms with Gasteiger partial charge in [-0.1, -0.05) is 68.3 Å². The van der Waals surface area contributed by atoms with Gasteiger partial charge in [-0.05, 0) is 47.3 Å². The fraction of sp³-hybridized carbons (Fsp3) is 0.208. The van der Waals surface area contributed by atoms with E-state index in [0.717, 1.165) is 24.0 Å². The third-order valence-electron chi connectivity index (χ3n) is 4.93. The average Bonchev–Trinajstić information content (AvgIpc) is 2.77. The van der Waals surface area contributed by atoms with Gasteiger partial charge in [-0.15, -0.1) is 0 Å². The van der Waals surface area contributed by atoms with E-state index in [1.165, 1.54) is 30.5 Å². The second-order valence-electron chi connectivity index (χ2n) is 6.91.